The van der Waals surface area contributed by atoms with Crippen LogP contribution in [0, 0.1) is 0 Å². The minimum Gasteiger partial charge on any atom is -0.462 e. The maximum Gasteiger partial charge on any atom is 0.313 e. The number of esters is 1. The van der Waals surface area contributed by atoms with Crippen LogP contribution in [0.25, 0.3) is 0 Å². The molecular weight excluding hydrogens is 180 g/mol. The predicted molar refractivity (Wildman–Crippen MR) is 52.9 cm³/mol. The Kier molecular flexibility index (Phi) is 4.63. The summed E-state index contributed by atoms with van der Waals surface area (Å²) < 4.78 is 5.20. The van der Waals surface area contributed by atoms with Crippen LogP contribution in [-0.2, 0) is 14.3 Å². The number of Topliss-reactive ketones (excluding diaryl/α,β-unsaturated/α-hetero) is 1. The molecule has 0 N–H and O–H groups in total. The van der Waals surface area contributed by atoms with Crippen molar-refractivity contribution in [1.29, 1.82) is 0 Å². The van der Waals surface area contributed by atoms with Crippen molar-refractivity contribution in [2.45, 2.75) is 58.0 Å². The maximum atomic E-state index is 11.2. The van der Waals surface area contributed by atoms with E-state index in [-0.39, 0.29) is 24.3 Å². The molecule has 80 valence electrons. The zero-order valence-corrected chi connectivity index (χ0v) is 8.75. The molecule has 1 fully saturated rings. The van der Waals surface area contributed by atoms with Crippen LogP contribution in [0.3, 0.4) is 0 Å². The molecule has 0 aromatic rings. The van der Waals surface area contributed by atoms with Gasteiger partial charge in [0, 0.05) is 6.42 Å². The van der Waals surface area contributed by atoms with Crippen LogP contribution >= 0.6 is 0 Å². The number of hydrogen-bond acceptors (Lipinski definition) is 3. The highest BCUT2D eigenvalue weighted by atomic mass is 16.5. The molecule has 1 saturated carbocycles. The van der Waals surface area contributed by atoms with Gasteiger partial charge in [-0.2, -0.15) is 0 Å². The van der Waals surface area contributed by atoms with Crippen LogP contribution < -0.4 is 0 Å². The maximum absolute atomic E-state index is 11.2. The molecule has 1 aliphatic rings. The summed E-state index contributed by atoms with van der Waals surface area (Å²) in [7, 11) is 0. The topological polar surface area (TPSA) is 43.4 Å². The van der Waals surface area contributed by atoms with Crippen molar-refractivity contribution < 1.29 is 14.3 Å². The largest absolute Gasteiger partial charge is 0.462 e. The molecule has 0 radical (unpaired) electrons. The van der Waals surface area contributed by atoms with Crippen molar-refractivity contribution >= 4 is 11.8 Å². The Labute approximate surface area is 84.8 Å². The first kappa shape index (κ1) is 11.2. The molecule has 0 heterocycles. The molecule has 1 rings (SSSR count). The second kappa shape index (κ2) is 5.78. The standard InChI is InChI=1S/C11H18O3/c1-2-9(12)8-11(13)14-10-6-4-3-5-7-10/h10H,2-8H2,1H3. The third-order valence-electron chi connectivity index (χ3n) is 2.59. The molecule has 0 aromatic heterocycles. The molecule has 0 atom stereocenters. The van der Waals surface area contributed by atoms with Gasteiger partial charge in [-0.1, -0.05) is 13.3 Å². The van der Waals surface area contributed by atoms with E-state index < -0.39 is 0 Å². The first-order chi connectivity index (χ1) is 6.72. The van der Waals surface area contributed by atoms with Crippen LogP contribution in [0.1, 0.15) is 51.9 Å². The third-order valence-corrected chi connectivity index (χ3v) is 2.59. The average molecular weight is 198 g/mol. The summed E-state index contributed by atoms with van der Waals surface area (Å²) in [4.78, 5) is 22.2. The first-order valence-electron chi connectivity index (χ1n) is 5.43. The lowest BCUT2D eigenvalue weighted by molar-refractivity contribution is -0.152. The molecule has 0 aliphatic heterocycles. The van der Waals surface area contributed by atoms with Crippen molar-refractivity contribution in [2.24, 2.45) is 0 Å². The van der Waals surface area contributed by atoms with Crippen LogP contribution in [0.2, 0.25) is 0 Å². The number of carbonyl (C=O) groups excluding carboxylic acids is 2. The Balaban J connectivity index is 2.21. The molecule has 0 bridgehead atoms. The molecule has 0 spiro atoms. The van der Waals surface area contributed by atoms with Gasteiger partial charge in [0.15, 0.2) is 0 Å². The van der Waals surface area contributed by atoms with Crippen molar-refractivity contribution in [3.05, 3.63) is 0 Å². The van der Waals surface area contributed by atoms with Crippen LogP contribution in [0.5, 0.6) is 0 Å². The smallest absolute Gasteiger partial charge is 0.313 e. The van der Waals surface area contributed by atoms with Crippen LogP contribution in [-0.4, -0.2) is 17.9 Å². The number of ether oxygens (including phenoxy) is 1. The zero-order valence-electron chi connectivity index (χ0n) is 8.75. The number of rotatable bonds is 4. The lowest BCUT2D eigenvalue weighted by atomic mass is 9.98. The quantitative estimate of drug-likeness (QED) is 0.514. The fraction of sp³-hybridized carbons (Fsp3) is 0.818. The molecule has 0 aromatic carbocycles. The number of ketones is 1. The molecule has 14 heavy (non-hydrogen) atoms. The lowest BCUT2D eigenvalue weighted by Crippen LogP contribution is -2.22. The Hall–Kier alpha value is -0.860. The van der Waals surface area contributed by atoms with Gasteiger partial charge in [-0.05, 0) is 25.7 Å². The van der Waals surface area contributed by atoms with Gasteiger partial charge >= 0.3 is 5.97 Å². The molecule has 3 nitrogen and oxygen atoms in total. The molecular formula is C11H18O3. The number of carbonyl (C=O) groups is 2. The summed E-state index contributed by atoms with van der Waals surface area (Å²) in [6.45, 7) is 1.76. The fourth-order valence-electron chi connectivity index (χ4n) is 1.70. The summed E-state index contributed by atoms with van der Waals surface area (Å²) in [6.07, 6.45) is 5.88. The molecule has 0 saturated heterocycles. The minimum absolute atomic E-state index is 0.0363. The predicted octanol–water partition coefficient (Wildman–Crippen LogP) is 2.23. The van der Waals surface area contributed by atoms with E-state index in [4.69, 9.17) is 4.74 Å². The van der Waals surface area contributed by atoms with Crippen LogP contribution in [0.15, 0.2) is 0 Å². The highest BCUT2D eigenvalue weighted by Crippen LogP contribution is 2.20. The van der Waals surface area contributed by atoms with E-state index in [1.807, 2.05) is 0 Å². The van der Waals surface area contributed by atoms with Gasteiger partial charge in [0.1, 0.15) is 18.3 Å². The molecule has 0 amide bonds. The van der Waals surface area contributed by atoms with Gasteiger partial charge < -0.3 is 4.74 Å². The van der Waals surface area contributed by atoms with Gasteiger partial charge in [0.2, 0.25) is 0 Å². The average Bonchev–Trinajstić information content (AvgIpc) is 2.19. The van der Waals surface area contributed by atoms with E-state index in [2.05, 4.69) is 0 Å². The summed E-state index contributed by atoms with van der Waals surface area (Å²) in [5, 5.41) is 0. The third kappa shape index (κ3) is 3.90. The highest BCUT2D eigenvalue weighted by Gasteiger charge is 2.18. The monoisotopic (exact) mass is 198 g/mol. The molecule has 0 unspecified atom stereocenters. The van der Waals surface area contributed by atoms with Gasteiger partial charge in [-0.25, -0.2) is 0 Å². The van der Waals surface area contributed by atoms with Crippen molar-refractivity contribution in [3.8, 4) is 0 Å². The number of hydrogen-bond donors (Lipinski definition) is 0. The SMILES string of the molecule is CCC(=O)CC(=O)OC1CCCCC1. The summed E-state index contributed by atoms with van der Waals surface area (Å²) in [5.41, 5.74) is 0. The van der Waals surface area contributed by atoms with Gasteiger partial charge in [-0.15, -0.1) is 0 Å². The zero-order chi connectivity index (χ0) is 10.4. The van der Waals surface area contributed by atoms with E-state index >= 15 is 0 Å². The van der Waals surface area contributed by atoms with E-state index in [0.29, 0.717) is 6.42 Å². The summed E-state index contributed by atoms with van der Waals surface area (Å²) in [6, 6.07) is 0. The van der Waals surface area contributed by atoms with Crippen molar-refractivity contribution in [2.75, 3.05) is 0 Å². The Morgan fingerprint density at radius 2 is 1.86 bits per heavy atom. The van der Waals surface area contributed by atoms with Crippen LogP contribution in [0.4, 0.5) is 0 Å². The van der Waals surface area contributed by atoms with Gasteiger partial charge in [0.05, 0.1) is 0 Å². The van der Waals surface area contributed by atoms with Gasteiger partial charge in [0.25, 0.3) is 0 Å². The fourth-order valence-corrected chi connectivity index (χ4v) is 1.70. The summed E-state index contributed by atoms with van der Waals surface area (Å²) >= 11 is 0. The van der Waals surface area contributed by atoms with E-state index in [1.54, 1.807) is 6.92 Å². The van der Waals surface area contributed by atoms with E-state index in [0.717, 1.165) is 25.7 Å². The van der Waals surface area contributed by atoms with Crippen molar-refractivity contribution in [3.63, 3.8) is 0 Å². The Morgan fingerprint density at radius 3 is 2.43 bits per heavy atom. The van der Waals surface area contributed by atoms with E-state index in [1.165, 1.54) is 6.42 Å². The summed E-state index contributed by atoms with van der Waals surface area (Å²) in [5.74, 6) is -0.380. The van der Waals surface area contributed by atoms with E-state index in [9.17, 15) is 9.59 Å². The first-order valence-corrected chi connectivity index (χ1v) is 5.43. The Bertz CT molecular complexity index is 205. The molecule has 3 heteroatoms. The Morgan fingerprint density at radius 1 is 1.21 bits per heavy atom. The normalized spacial score (nSPS) is 17.8. The highest BCUT2D eigenvalue weighted by molar-refractivity contribution is 5.95. The van der Waals surface area contributed by atoms with Gasteiger partial charge in [-0.3, -0.25) is 9.59 Å². The molecule has 1 aliphatic carbocycles. The minimum atomic E-state index is -0.344. The van der Waals surface area contributed by atoms with Crippen molar-refractivity contribution in [1.82, 2.24) is 0 Å². The second-order valence-electron chi connectivity index (χ2n) is 3.82. The second-order valence-corrected chi connectivity index (χ2v) is 3.82. The lowest BCUT2D eigenvalue weighted by Gasteiger charge is -2.21.